The minimum atomic E-state index is -0.735. The Balaban J connectivity index is 1.49. The molecule has 0 aliphatic heterocycles. The van der Waals surface area contributed by atoms with Gasteiger partial charge in [0.25, 0.3) is 11.7 Å². The molecule has 0 atom stereocenters. The molecule has 5 rings (SSSR count). The zero-order chi connectivity index (χ0) is 23.5. The second-order valence-electron chi connectivity index (χ2n) is 7.96. The highest BCUT2D eigenvalue weighted by Gasteiger charge is 2.25. The summed E-state index contributed by atoms with van der Waals surface area (Å²) in [6, 6.07) is 31.8. The van der Waals surface area contributed by atoms with Crippen molar-refractivity contribution in [3.05, 3.63) is 121 Å². The molecular formula is C29H22N2O3. The Morgan fingerprint density at radius 3 is 2.29 bits per heavy atom. The maximum Gasteiger partial charge on any atom is 0.298 e. The lowest BCUT2D eigenvalue weighted by Gasteiger charge is -2.12. The van der Waals surface area contributed by atoms with Crippen molar-refractivity contribution in [1.29, 1.82) is 0 Å². The van der Waals surface area contributed by atoms with E-state index in [4.69, 9.17) is 4.74 Å². The molecule has 0 saturated heterocycles. The summed E-state index contributed by atoms with van der Waals surface area (Å²) < 4.78 is 7.68. The average molecular weight is 447 g/mol. The van der Waals surface area contributed by atoms with Gasteiger partial charge >= 0.3 is 0 Å². The molecule has 0 unspecified atom stereocenters. The molecule has 5 heteroatoms. The average Bonchev–Trinajstić information content (AvgIpc) is 3.25. The number of pyridine rings is 1. The molecule has 5 nitrogen and oxygen atoms in total. The quantitative estimate of drug-likeness (QED) is 0.238. The van der Waals surface area contributed by atoms with Gasteiger partial charge in [-0.2, -0.15) is 0 Å². The second-order valence-corrected chi connectivity index (χ2v) is 7.96. The van der Waals surface area contributed by atoms with E-state index in [-0.39, 0.29) is 0 Å². The number of amides is 1. The van der Waals surface area contributed by atoms with Crippen LogP contribution in [0.1, 0.15) is 16.1 Å². The summed E-state index contributed by atoms with van der Waals surface area (Å²) in [7, 11) is 0. The zero-order valence-electron chi connectivity index (χ0n) is 18.6. The van der Waals surface area contributed by atoms with Crippen LogP contribution in [0.25, 0.3) is 16.6 Å². The maximum absolute atomic E-state index is 13.5. The molecule has 0 fully saturated rings. The van der Waals surface area contributed by atoms with E-state index in [0.29, 0.717) is 28.4 Å². The number of nitrogens with one attached hydrogen (secondary N) is 1. The Bertz CT molecular complexity index is 1490. The number of fused-ring (bicyclic) bond motifs is 1. The Morgan fingerprint density at radius 1 is 0.794 bits per heavy atom. The fourth-order valence-electron chi connectivity index (χ4n) is 3.87. The third kappa shape index (κ3) is 4.19. The van der Waals surface area contributed by atoms with E-state index in [1.807, 2.05) is 91.9 Å². The molecule has 0 spiro atoms. The van der Waals surface area contributed by atoms with Gasteiger partial charge in [-0.1, -0.05) is 66.2 Å². The second kappa shape index (κ2) is 9.08. The minimum Gasteiger partial charge on any atom is -0.455 e. The lowest BCUT2D eigenvalue weighted by atomic mass is 10.0. The van der Waals surface area contributed by atoms with Crippen LogP contribution in [0.2, 0.25) is 0 Å². The van der Waals surface area contributed by atoms with Crippen LogP contribution >= 0.6 is 0 Å². The molecule has 34 heavy (non-hydrogen) atoms. The van der Waals surface area contributed by atoms with E-state index in [1.54, 1.807) is 28.8 Å². The Morgan fingerprint density at radius 2 is 1.50 bits per heavy atom. The predicted octanol–water partition coefficient (Wildman–Crippen LogP) is 6.53. The lowest BCUT2D eigenvalue weighted by Crippen LogP contribution is -2.24. The Hall–Kier alpha value is -4.64. The van der Waals surface area contributed by atoms with Crippen LogP contribution in [-0.2, 0) is 4.79 Å². The molecular weight excluding hydrogens is 424 g/mol. The van der Waals surface area contributed by atoms with Crippen molar-refractivity contribution in [2.75, 3.05) is 5.32 Å². The summed E-state index contributed by atoms with van der Waals surface area (Å²) in [4.78, 5) is 26.6. The van der Waals surface area contributed by atoms with Gasteiger partial charge in [0.1, 0.15) is 11.4 Å². The fourth-order valence-corrected chi connectivity index (χ4v) is 3.87. The molecule has 0 bridgehead atoms. The number of carbonyl (C=O) groups is 2. The maximum atomic E-state index is 13.5. The molecule has 5 aromatic rings. The van der Waals surface area contributed by atoms with Crippen LogP contribution in [0.4, 0.5) is 5.69 Å². The minimum absolute atomic E-state index is 0.318. The summed E-state index contributed by atoms with van der Waals surface area (Å²) in [6.45, 7) is 2.01. The first kappa shape index (κ1) is 21.2. The van der Waals surface area contributed by atoms with Crippen molar-refractivity contribution in [3.63, 3.8) is 0 Å². The van der Waals surface area contributed by atoms with Crippen molar-refractivity contribution in [3.8, 4) is 22.6 Å². The summed E-state index contributed by atoms with van der Waals surface area (Å²) >= 11 is 0. The van der Waals surface area contributed by atoms with Gasteiger partial charge in [-0.3, -0.25) is 9.59 Å². The van der Waals surface area contributed by atoms with Crippen LogP contribution < -0.4 is 10.1 Å². The number of ether oxygens (including phenoxy) is 1. The van der Waals surface area contributed by atoms with Gasteiger partial charge < -0.3 is 14.5 Å². The molecule has 0 aliphatic rings. The summed E-state index contributed by atoms with van der Waals surface area (Å²) in [5.41, 5.74) is 4.27. The smallest absolute Gasteiger partial charge is 0.298 e. The van der Waals surface area contributed by atoms with Gasteiger partial charge in [0, 0.05) is 17.3 Å². The van der Waals surface area contributed by atoms with E-state index in [2.05, 4.69) is 5.32 Å². The first-order valence-electron chi connectivity index (χ1n) is 10.9. The van der Waals surface area contributed by atoms with Gasteiger partial charge in [-0.15, -0.1) is 0 Å². The number of carbonyl (C=O) groups excluding carboxylic acids is 2. The number of ketones is 1. The lowest BCUT2D eigenvalue weighted by molar-refractivity contribution is -0.112. The number of hydrogen-bond donors (Lipinski definition) is 1. The van der Waals surface area contributed by atoms with Gasteiger partial charge in [0.15, 0.2) is 5.75 Å². The highest BCUT2D eigenvalue weighted by atomic mass is 16.5. The predicted molar refractivity (Wildman–Crippen MR) is 133 cm³/mol. The highest BCUT2D eigenvalue weighted by molar-refractivity contribution is 6.47. The first-order chi connectivity index (χ1) is 16.6. The number of anilines is 1. The van der Waals surface area contributed by atoms with Crippen molar-refractivity contribution >= 4 is 22.9 Å². The standard InChI is InChI=1S/C29H22N2O3/c1-20-14-16-21(17-15-20)24-19-22-9-7-8-18-31(22)27(24)28(32)29(33)30-25-12-5-6-13-26(25)34-23-10-3-2-4-11-23/h2-19H,1H3,(H,30,33). The van der Waals surface area contributed by atoms with E-state index >= 15 is 0 Å². The van der Waals surface area contributed by atoms with Crippen molar-refractivity contribution in [2.45, 2.75) is 6.92 Å². The molecule has 0 aliphatic carbocycles. The van der Waals surface area contributed by atoms with Crippen molar-refractivity contribution in [1.82, 2.24) is 4.40 Å². The molecule has 2 heterocycles. The molecule has 0 radical (unpaired) electrons. The van der Waals surface area contributed by atoms with Gasteiger partial charge in [-0.25, -0.2) is 0 Å². The Kier molecular flexibility index (Phi) is 5.67. The van der Waals surface area contributed by atoms with Crippen LogP contribution in [0.3, 0.4) is 0 Å². The van der Waals surface area contributed by atoms with E-state index < -0.39 is 11.7 Å². The normalized spacial score (nSPS) is 10.7. The van der Waals surface area contributed by atoms with E-state index in [1.165, 1.54) is 0 Å². The van der Waals surface area contributed by atoms with Crippen LogP contribution in [0.15, 0.2) is 109 Å². The number of aryl methyl sites for hydroxylation is 1. The van der Waals surface area contributed by atoms with Crippen LogP contribution in [0, 0.1) is 6.92 Å². The topological polar surface area (TPSA) is 59.8 Å². The van der Waals surface area contributed by atoms with Gasteiger partial charge in [0.2, 0.25) is 0 Å². The van der Waals surface area contributed by atoms with Crippen LogP contribution in [0.5, 0.6) is 11.5 Å². The largest absolute Gasteiger partial charge is 0.455 e. The molecule has 1 N–H and O–H groups in total. The Labute approximate surface area is 197 Å². The van der Waals surface area contributed by atoms with Crippen LogP contribution in [-0.4, -0.2) is 16.1 Å². The zero-order valence-corrected chi connectivity index (χ0v) is 18.6. The van der Waals surface area contributed by atoms with E-state index in [0.717, 1.165) is 16.6 Å². The number of rotatable bonds is 6. The number of hydrogen-bond acceptors (Lipinski definition) is 3. The number of nitrogens with zero attached hydrogens (tertiary/aromatic N) is 1. The third-order valence-corrected chi connectivity index (χ3v) is 5.57. The third-order valence-electron chi connectivity index (χ3n) is 5.57. The van der Waals surface area contributed by atoms with Gasteiger partial charge in [-0.05, 0) is 55.0 Å². The number of para-hydroxylation sites is 3. The van der Waals surface area contributed by atoms with E-state index in [9.17, 15) is 9.59 Å². The number of aromatic nitrogens is 1. The van der Waals surface area contributed by atoms with Crippen molar-refractivity contribution in [2.24, 2.45) is 0 Å². The monoisotopic (exact) mass is 446 g/mol. The summed E-state index contributed by atoms with van der Waals surface area (Å²) in [5, 5.41) is 2.74. The SMILES string of the molecule is Cc1ccc(-c2cc3ccccn3c2C(=O)C(=O)Nc2ccccc2Oc2ccccc2)cc1. The molecule has 166 valence electrons. The molecule has 0 saturated carbocycles. The number of benzene rings is 3. The molecule has 3 aromatic carbocycles. The first-order valence-corrected chi connectivity index (χ1v) is 10.9. The molecule has 2 aromatic heterocycles. The fraction of sp³-hybridized carbons (Fsp3) is 0.0345. The summed E-state index contributed by atoms with van der Waals surface area (Å²) in [5.74, 6) is -0.277. The highest BCUT2D eigenvalue weighted by Crippen LogP contribution is 2.31. The van der Waals surface area contributed by atoms with Gasteiger partial charge in [0.05, 0.1) is 5.69 Å². The number of Topliss-reactive ketones (excluding diaryl/α,β-unsaturated/α-hetero) is 1. The summed E-state index contributed by atoms with van der Waals surface area (Å²) in [6.07, 6.45) is 1.79. The molecule has 1 amide bonds. The van der Waals surface area contributed by atoms with Crippen molar-refractivity contribution < 1.29 is 14.3 Å².